The maximum absolute atomic E-state index is 12.3. The average molecular weight is 381 g/mol. The third kappa shape index (κ3) is 1.54. The topological polar surface area (TPSA) is 43.4 Å². The summed E-state index contributed by atoms with van der Waals surface area (Å²) in [7, 11) is 0. The largest absolute Gasteiger partial charge is 0.458 e. The molecular weight excluding hydrogens is 348 g/mol. The van der Waals surface area contributed by atoms with Gasteiger partial charge in [0.15, 0.2) is 5.78 Å². The van der Waals surface area contributed by atoms with Crippen LogP contribution in [0.3, 0.4) is 0 Å². The van der Waals surface area contributed by atoms with E-state index in [0.29, 0.717) is 41.3 Å². The van der Waals surface area contributed by atoms with Crippen molar-refractivity contribution >= 4 is 11.8 Å². The smallest absolute Gasteiger partial charge is 0.306 e. The van der Waals surface area contributed by atoms with Crippen LogP contribution in [0.4, 0.5) is 0 Å². The van der Waals surface area contributed by atoms with E-state index in [1.165, 1.54) is 31.3 Å². The summed E-state index contributed by atoms with van der Waals surface area (Å²) in [5.74, 6) is 4.63. The fraction of sp³-hybridized carbons (Fsp3) is 0.840. The Morgan fingerprint density at radius 2 is 1.82 bits per heavy atom. The van der Waals surface area contributed by atoms with Crippen molar-refractivity contribution in [2.24, 2.45) is 51.8 Å². The van der Waals surface area contributed by atoms with Crippen LogP contribution in [0.2, 0.25) is 0 Å². The molecule has 1 heterocycles. The van der Waals surface area contributed by atoms with Crippen LogP contribution in [-0.2, 0) is 14.3 Å². The molecule has 7 aliphatic rings. The first-order valence-corrected chi connectivity index (χ1v) is 11.7. The first kappa shape index (κ1) is 16.7. The van der Waals surface area contributed by atoms with E-state index in [9.17, 15) is 9.59 Å². The van der Waals surface area contributed by atoms with Gasteiger partial charge in [-0.3, -0.25) is 9.59 Å². The molecule has 7 rings (SSSR count). The van der Waals surface area contributed by atoms with Crippen LogP contribution in [0.15, 0.2) is 11.6 Å². The van der Waals surface area contributed by atoms with E-state index in [0.717, 1.165) is 31.1 Å². The predicted molar refractivity (Wildman–Crippen MR) is 104 cm³/mol. The lowest BCUT2D eigenvalue weighted by atomic mass is 9.43. The zero-order chi connectivity index (χ0) is 19.3. The zero-order valence-corrected chi connectivity index (χ0v) is 17.4. The number of hydrogen-bond donors (Lipinski definition) is 0. The molecule has 0 bridgehead atoms. The second-order valence-electron chi connectivity index (χ2n) is 12.2. The Bertz CT molecular complexity index is 873. The molecule has 0 aromatic heterocycles. The zero-order valence-electron chi connectivity index (χ0n) is 17.4. The number of carbonyl (C=O) groups is 2. The Balaban J connectivity index is 1.36. The van der Waals surface area contributed by atoms with Crippen LogP contribution < -0.4 is 0 Å². The fourth-order valence-electron chi connectivity index (χ4n) is 10.1. The quantitative estimate of drug-likeness (QED) is 0.572. The molecule has 4 unspecified atom stereocenters. The number of ether oxygens (including phenoxy) is 1. The van der Waals surface area contributed by atoms with Gasteiger partial charge in [-0.1, -0.05) is 26.3 Å². The minimum atomic E-state index is -0.148. The van der Waals surface area contributed by atoms with Crippen LogP contribution in [0.5, 0.6) is 0 Å². The van der Waals surface area contributed by atoms with Gasteiger partial charge in [-0.15, -0.1) is 0 Å². The Morgan fingerprint density at radius 3 is 2.57 bits per heavy atom. The number of carbonyl (C=O) groups excluding carboxylic acids is 2. The van der Waals surface area contributed by atoms with Gasteiger partial charge >= 0.3 is 5.97 Å². The molecule has 1 saturated heterocycles. The van der Waals surface area contributed by atoms with E-state index in [-0.39, 0.29) is 22.4 Å². The highest BCUT2D eigenvalue weighted by Gasteiger charge is 2.82. The van der Waals surface area contributed by atoms with Gasteiger partial charge in [0.05, 0.1) is 0 Å². The monoisotopic (exact) mass is 380 g/mol. The molecule has 1 spiro atoms. The van der Waals surface area contributed by atoms with Crippen LogP contribution in [-0.4, -0.2) is 17.4 Å². The van der Waals surface area contributed by atoms with E-state index >= 15 is 0 Å². The second-order valence-corrected chi connectivity index (χ2v) is 12.2. The van der Waals surface area contributed by atoms with Gasteiger partial charge in [-0.25, -0.2) is 0 Å². The maximum Gasteiger partial charge on any atom is 0.306 e. The van der Waals surface area contributed by atoms with Crippen LogP contribution >= 0.6 is 0 Å². The summed E-state index contributed by atoms with van der Waals surface area (Å²) in [6, 6.07) is 0. The van der Waals surface area contributed by atoms with E-state index in [2.05, 4.69) is 26.8 Å². The van der Waals surface area contributed by atoms with E-state index in [1.54, 1.807) is 0 Å². The summed E-state index contributed by atoms with van der Waals surface area (Å²) in [4.78, 5) is 24.5. The van der Waals surface area contributed by atoms with Gasteiger partial charge in [0.25, 0.3) is 0 Å². The van der Waals surface area contributed by atoms with Crippen molar-refractivity contribution in [3.63, 3.8) is 0 Å². The van der Waals surface area contributed by atoms with E-state index < -0.39 is 0 Å². The predicted octanol–water partition coefficient (Wildman–Crippen LogP) is 4.70. The summed E-state index contributed by atoms with van der Waals surface area (Å²) in [6.07, 6.45) is 10.5. The molecule has 6 aliphatic carbocycles. The van der Waals surface area contributed by atoms with E-state index in [4.69, 9.17) is 4.74 Å². The van der Waals surface area contributed by atoms with E-state index in [1.807, 2.05) is 0 Å². The summed E-state index contributed by atoms with van der Waals surface area (Å²) < 4.78 is 6.25. The summed E-state index contributed by atoms with van der Waals surface area (Å²) >= 11 is 0. The molecule has 5 saturated carbocycles. The number of rotatable bonds is 0. The van der Waals surface area contributed by atoms with Gasteiger partial charge in [0.2, 0.25) is 0 Å². The normalized spacial score (nSPS) is 62.9. The maximum atomic E-state index is 12.3. The lowest BCUT2D eigenvalue weighted by Gasteiger charge is -2.62. The van der Waals surface area contributed by atoms with Crippen molar-refractivity contribution in [3.8, 4) is 0 Å². The van der Waals surface area contributed by atoms with Gasteiger partial charge in [-0.05, 0) is 85.0 Å². The minimum Gasteiger partial charge on any atom is -0.458 e. The number of esters is 1. The molecule has 0 N–H and O–H groups in total. The molecule has 0 amide bonds. The SMILES string of the molecule is CC12C[C@H]1C1=CC(=O)CC[C@]1(C)C1CC[C@@]3(C)C(C12)[C@@H]1C[C@@H]1[C@@]31CCC(=O)O1. The molecule has 10 atom stereocenters. The first-order valence-electron chi connectivity index (χ1n) is 11.7. The number of fused-ring (bicyclic) bond motifs is 12. The number of hydrogen-bond acceptors (Lipinski definition) is 3. The summed E-state index contributed by atoms with van der Waals surface area (Å²) in [5.41, 5.74) is 2.15. The Hall–Kier alpha value is -1.12. The van der Waals surface area contributed by atoms with Gasteiger partial charge in [0.1, 0.15) is 5.60 Å². The molecular formula is C25H32O3. The standard InChI is InChI=1S/C25H32O3/c1-22-7-4-13(26)10-17(22)18-12-23(18,2)21-15(22)5-8-24(3)20(21)14-11-16(14)25(24)9-6-19(27)28-25/h10,14-16,18,20-21H,4-9,11-12H2,1-3H3/t14-,15?,16+,18+,20?,21?,22-,23?,24+,25+/m1/s1. The lowest BCUT2D eigenvalue weighted by Crippen LogP contribution is -2.58. The highest BCUT2D eigenvalue weighted by Crippen LogP contribution is 2.85. The Kier molecular flexibility index (Phi) is 2.66. The van der Waals surface area contributed by atoms with Crippen LogP contribution in [0.25, 0.3) is 0 Å². The lowest BCUT2D eigenvalue weighted by molar-refractivity contribution is -0.181. The van der Waals surface area contributed by atoms with Crippen LogP contribution in [0, 0.1) is 51.8 Å². The van der Waals surface area contributed by atoms with Crippen LogP contribution in [0.1, 0.15) is 72.1 Å². The Morgan fingerprint density at radius 1 is 1.00 bits per heavy atom. The van der Waals surface area contributed by atoms with Gasteiger partial charge in [-0.2, -0.15) is 0 Å². The third-order valence-corrected chi connectivity index (χ3v) is 11.5. The number of ketones is 1. The summed E-state index contributed by atoms with van der Waals surface area (Å²) in [6.45, 7) is 7.52. The highest BCUT2D eigenvalue weighted by atomic mass is 16.6. The van der Waals surface area contributed by atoms with Gasteiger partial charge in [0, 0.05) is 24.2 Å². The number of allylic oxidation sites excluding steroid dienone is 1. The van der Waals surface area contributed by atoms with Crippen molar-refractivity contribution < 1.29 is 14.3 Å². The molecule has 3 heteroatoms. The molecule has 3 nitrogen and oxygen atoms in total. The van der Waals surface area contributed by atoms with Crippen molar-refractivity contribution in [2.75, 3.05) is 0 Å². The third-order valence-electron chi connectivity index (χ3n) is 11.5. The first-order chi connectivity index (χ1) is 13.2. The molecule has 28 heavy (non-hydrogen) atoms. The van der Waals surface area contributed by atoms with Crippen molar-refractivity contribution in [2.45, 2.75) is 77.7 Å². The average Bonchev–Trinajstić information content (AvgIpc) is 3.52. The minimum absolute atomic E-state index is 0.0526. The molecule has 0 radical (unpaired) electrons. The molecule has 0 aromatic rings. The van der Waals surface area contributed by atoms with Crippen molar-refractivity contribution in [3.05, 3.63) is 11.6 Å². The molecule has 1 aliphatic heterocycles. The van der Waals surface area contributed by atoms with Gasteiger partial charge < -0.3 is 4.74 Å². The van der Waals surface area contributed by atoms with Crippen molar-refractivity contribution in [1.82, 2.24) is 0 Å². The molecule has 150 valence electrons. The highest BCUT2D eigenvalue weighted by molar-refractivity contribution is 5.92. The Labute approximate surface area is 167 Å². The fourth-order valence-corrected chi connectivity index (χ4v) is 10.1. The second kappa shape index (κ2) is 4.47. The molecule has 6 fully saturated rings. The van der Waals surface area contributed by atoms with Crippen molar-refractivity contribution in [1.29, 1.82) is 0 Å². The molecule has 0 aromatic carbocycles. The summed E-state index contributed by atoms with van der Waals surface area (Å²) in [5, 5.41) is 0.